The Morgan fingerprint density at radius 3 is 1.96 bits per heavy atom. The first-order chi connectivity index (χ1) is 11.4. The molecule has 2 aromatic rings. The van der Waals surface area contributed by atoms with Crippen molar-refractivity contribution in [2.75, 3.05) is 12.3 Å². The summed E-state index contributed by atoms with van der Waals surface area (Å²) < 4.78 is 22.7. The molecule has 1 aliphatic rings. The van der Waals surface area contributed by atoms with Crippen LogP contribution < -0.4 is 5.14 Å². The van der Waals surface area contributed by atoms with Crippen LogP contribution in [0, 0.1) is 5.92 Å². The van der Waals surface area contributed by atoms with Crippen LogP contribution in [0.25, 0.3) is 0 Å². The maximum Gasteiger partial charge on any atom is 0.223 e. The highest BCUT2D eigenvalue weighted by atomic mass is 32.2. The van der Waals surface area contributed by atoms with Crippen LogP contribution in [0.5, 0.6) is 0 Å². The van der Waals surface area contributed by atoms with Crippen molar-refractivity contribution in [3.63, 3.8) is 0 Å². The monoisotopic (exact) mass is 344 g/mol. The molecule has 1 amide bonds. The third-order valence-corrected chi connectivity index (χ3v) is 5.18. The Kier molecular flexibility index (Phi) is 4.69. The lowest BCUT2D eigenvalue weighted by atomic mass is 9.97. The second-order valence-corrected chi connectivity index (χ2v) is 7.83. The fraction of sp³-hybridized carbons (Fsp3) is 0.278. The number of primary sulfonamides is 1. The topological polar surface area (TPSA) is 80.5 Å². The summed E-state index contributed by atoms with van der Waals surface area (Å²) in [7, 11) is -3.59. The number of hydrogen-bond acceptors (Lipinski definition) is 3. The van der Waals surface area contributed by atoms with Gasteiger partial charge in [0.15, 0.2) is 0 Å². The van der Waals surface area contributed by atoms with Crippen molar-refractivity contribution in [2.45, 2.75) is 12.5 Å². The first-order valence-corrected chi connectivity index (χ1v) is 9.55. The molecule has 0 radical (unpaired) electrons. The van der Waals surface area contributed by atoms with Crippen molar-refractivity contribution >= 4 is 15.9 Å². The molecule has 1 fully saturated rings. The van der Waals surface area contributed by atoms with Gasteiger partial charge >= 0.3 is 0 Å². The van der Waals surface area contributed by atoms with Crippen LogP contribution in [0.4, 0.5) is 0 Å². The Labute approximate surface area is 142 Å². The minimum atomic E-state index is -3.59. The van der Waals surface area contributed by atoms with E-state index in [1.165, 1.54) is 0 Å². The highest BCUT2D eigenvalue weighted by Crippen LogP contribution is 2.34. The van der Waals surface area contributed by atoms with E-state index in [4.69, 9.17) is 5.14 Å². The van der Waals surface area contributed by atoms with Crippen LogP contribution in [-0.4, -0.2) is 31.5 Å². The summed E-state index contributed by atoms with van der Waals surface area (Å²) in [5.74, 6) is -0.463. The summed E-state index contributed by atoms with van der Waals surface area (Å²) in [6.07, 6.45) is 0.215. The molecule has 2 aromatic carbocycles. The Balaban J connectivity index is 1.93. The molecule has 0 saturated carbocycles. The predicted molar refractivity (Wildman–Crippen MR) is 92.5 cm³/mol. The molecular formula is C18H20N2O3S. The smallest absolute Gasteiger partial charge is 0.223 e. The molecule has 5 nitrogen and oxygen atoms in total. The zero-order valence-electron chi connectivity index (χ0n) is 13.2. The molecule has 3 rings (SSSR count). The van der Waals surface area contributed by atoms with Crippen LogP contribution in [-0.2, 0) is 14.8 Å². The molecular weight excluding hydrogens is 324 g/mol. The number of benzene rings is 2. The zero-order chi connectivity index (χ0) is 17.2. The van der Waals surface area contributed by atoms with E-state index in [1.807, 2.05) is 60.7 Å². The highest BCUT2D eigenvalue weighted by molar-refractivity contribution is 7.89. The van der Waals surface area contributed by atoms with Crippen molar-refractivity contribution < 1.29 is 13.2 Å². The number of amides is 1. The van der Waals surface area contributed by atoms with E-state index in [2.05, 4.69) is 0 Å². The maximum absolute atomic E-state index is 12.5. The van der Waals surface area contributed by atoms with Gasteiger partial charge in [-0.3, -0.25) is 4.79 Å². The number of nitrogens with two attached hydrogens (primary N) is 1. The largest absolute Gasteiger partial charge is 0.331 e. The van der Waals surface area contributed by atoms with Crippen molar-refractivity contribution in [3.05, 3.63) is 71.8 Å². The SMILES string of the molecule is NS(=O)(=O)CC1CC(=O)N(C(c2ccccc2)c2ccccc2)C1. The van der Waals surface area contributed by atoms with E-state index in [0.29, 0.717) is 6.54 Å². The van der Waals surface area contributed by atoms with E-state index in [0.717, 1.165) is 11.1 Å². The quantitative estimate of drug-likeness (QED) is 0.900. The minimum Gasteiger partial charge on any atom is -0.331 e. The summed E-state index contributed by atoms with van der Waals surface area (Å²) in [6.45, 7) is 0.393. The lowest BCUT2D eigenvalue weighted by Crippen LogP contribution is -2.32. The molecule has 24 heavy (non-hydrogen) atoms. The van der Waals surface area contributed by atoms with Gasteiger partial charge in [-0.1, -0.05) is 60.7 Å². The van der Waals surface area contributed by atoms with Crippen molar-refractivity contribution in [1.82, 2.24) is 4.90 Å². The normalized spacial score (nSPS) is 18.3. The number of carbonyl (C=O) groups is 1. The average molecular weight is 344 g/mol. The first-order valence-electron chi connectivity index (χ1n) is 7.84. The van der Waals surface area contributed by atoms with Gasteiger partial charge in [-0.2, -0.15) is 0 Å². The molecule has 0 aromatic heterocycles. The minimum absolute atomic E-state index is 0.0404. The van der Waals surface area contributed by atoms with Gasteiger partial charge < -0.3 is 4.90 Å². The van der Waals surface area contributed by atoms with Crippen LogP contribution >= 0.6 is 0 Å². The van der Waals surface area contributed by atoms with Gasteiger partial charge in [-0.05, 0) is 11.1 Å². The van der Waals surface area contributed by atoms with Gasteiger partial charge in [0.2, 0.25) is 15.9 Å². The Hall–Kier alpha value is -2.18. The Bertz CT molecular complexity index is 767. The van der Waals surface area contributed by atoms with Crippen LogP contribution in [0.2, 0.25) is 0 Å². The van der Waals surface area contributed by atoms with Gasteiger partial charge in [0, 0.05) is 18.9 Å². The second kappa shape index (κ2) is 6.75. The predicted octanol–water partition coefficient (Wildman–Crippen LogP) is 1.91. The summed E-state index contributed by atoms with van der Waals surface area (Å²) in [5.41, 5.74) is 2.02. The van der Waals surface area contributed by atoms with E-state index in [9.17, 15) is 13.2 Å². The number of carbonyl (C=O) groups excluding carboxylic acids is 1. The summed E-state index contributed by atoms with van der Waals surface area (Å²) in [6, 6.07) is 19.3. The number of nitrogens with zero attached hydrogens (tertiary/aromatic N) is 1. The molecule has 1 saturated heterocycles. The summed E-state index contributed by atoms with van der Waals surface area (Å²) in [4.78, 5) is 14.3. The molecule has 0 aliphatic carbocycles. The first kappa shape index (κ1) is 16.7. The third-order valence-electron chi connectivity index (χ3n) is 4.25. The number of hydrogen-bond donors (Lipinski definition) is 1. The van der Waals surface area contributed by atoms with Gasteiger partial charge in [-0.25, -0.2) is 13.6 Å². The zero-order valence-corrected chi connectivity index (χ0v) is 14.0. The molecule has 2 N–H and O–H groups in total. The maximum atomic E-state index is 12.5. The van der Waals surface area contributed by atoms with Gasteiger partial charge in [0.05, 0.1) is 11.8 Å². The fourth-order valence-corrected chi connectivity index (χ4v) is 4.20. The number of likely N-dealkylation sites (tertiary alicyclic amines) is 1. The highest BCUT2D eigenvalue weighted by Gasteiger charge is 2.37. The number of rotatable bonds is 5. The standard InChI is InChI=1S/C18H20N2O3S/c19-24(22,23)13-14-11-17(21)20(12-14)18(15-7-3-1-4-8-15)16-9-5-2-6-10-16/h1-10,14,18H,11-13H2,(H2,19,22,23). The van der Waals surface area contributed by atoms with E-state index in [1.54, 1.807) is 4.90 Å². The Morgan fingerprint density at radius 1 is 1.00 bits per heavy atom. The fourth-order valence-electron chi connectivity index (χ4n) is 3.32. The van der Waals surface area contributed by atoms with Crippen molar-refractivity contribution in [2.24, 2.45) is 11.1 Å². The molecule has 1 aliphatic heterocycles. The van der Waals surface area contributed by atoms with Gasteiger partial charge in [0.1, 0.15) is 0 Å². The van der Waals surface area contributed by atoms with Crippen molar-refractivity contribution in [3.8, 4) is 0 Å². The third kappa shape index (κ3) is 3.83. The molecule has 1 heterocycles. The Morgan fingerprint density at radius 2 is 1.50 bits per heavy atom. The lowest BCUT2D eigenvalue weighted by Gasteiger charge is -2.29. The molecule has 0 spiro atoms. The van der Waals surface area contributed by atoms with E-state index < -0.39 is 10.0 Å². The second-order valence-electron chi connectivity index (χ2n) is 6.17. The molecule has 1 atom stereocenters. The number of sulfonamides is 1. The van der Waals surface area contributed by atoms with E-state index >= 15 is 0 Å². The van der Waals surface area contributed by atoms with Crippen LogP contribution in [0.1, 0.15) is 23.6 Å². The molecule has 1 unspecified atom stereocenters. The average Bonchev–Trinajstić information content (AvgIpc) is 2.88. The van der Waals surface area contributed by atoms with Gasteiger partial charge in [0.25, 0.3) is 0 Å². The van der Waals surface area contributed by atoms with E-state index in [-0.39, 0.29) is 30.0 Å². The molecule has 0 bridgehead atoms. The molecule has 6 heteroatoms. The lowest BCUT2D eigenvalue weighted by molar-refractivity contribution is -0.129. The summed E-state index contributed by atoms with van der Waals surface area (Å²) in [5, 5.41) is 5.15. The summed E-state index contributed by atoms with van der Waals surface area (Å²) >= 11 is 0. The van der Waals surface area contributed by atoms with Crippen molar-refractivity contribution in [1.29, 1.82) is 0 Å². The molecule has 126 valence electrons. The van der Waals surface area contributed by atoms with Gasteiger partial charge in [-0.15, -0.1) is 0 Å². The van der Waals surface area contributed by atoms with Crippen LogP contribution in [0.3, 0.4) is 0 Å². The van der Waals surface area contributed by atoms with Crippen LogP contribution in [0.15, 0.2) is 60.7 Å².